The molecule has 0 aromatic carbocycles. The van der Waals surface area contributed by atoms with Gasteiger partial charge >= 0.3 is 0 Å². The summed E-state index contributed by atoms with van der Waals surface area (Å²) in [7, 11) is 0. The number of hydrogen-bond acceptors (Lipinski definition) is 7. The van der Waals surface area contributed by atoms with Gasteiger partial charge in [-0.2, -0.15) is 26.7 Å². The number of morpholine rings is 1. The van der Waals surface area contributed by atoms with Crippen molar-refractivity contribution in [2.45, 2.75) is 25.5 Å². The molecule has 1 fully saturated rings. The Bertz CT molecular complexity index is 398. The summed E-state index contributed by atoms with van der Waals surface area (Å²) < 4.78 is 5.33. The second-order valence-corrected chi connectivity index (χ2v) is 5.52. The lowest BCUT2D eigenvalue weighted by Gasteiger charge is -2.26. The van der Waals surface area contributed by atoms with Crippen LogP contribution in [0.25, 0.3) is 0 Å². The Hall–Kier alpha value is -1.08. The average molecular weight is 283 g/mol. The first-order valence-corrected chi connectivity index (χ1v) is 7.86. The number of anilines is 2. The summed E-state index contributed by atoms with van der Waals surface area (Å²) in [5.74, 6) is 3.69. The van der Waals surface area contributed by atoms with E-state index in [1.807, 2.05) is 11.8 Å². The monoisotopic (exact) mass is 283 g/mol. The molecule has 0 radical (unpaired) electrons. The van der Waals surface area contributed by atoms with Crippen molar-refractivity contribution < 1.29 is 4.74 Å². The molecule has 0 unspecified atom stereocenters. The van der Waals surface area contributed by atoms with E-state index in [-0.39, 0.29) is 0 Å². The van der Waals surface area contributed by atoms with Crippen LogP contribution in [-0.4, -0.2) is 47.0 Å². The Kier molecular flexibility index (Phi) is 5.65. The van der Waals surface area contributed by atoms with Crippen molar-refractivity contribution in [1.29, 1.82) is 0 Å². The van der Waals surface area contributed by atoms with Gasteiger partial charge in [0.15, 0.2) is 0 Å². The lowest BCUT2D eigenvalue weighted by Crippen LogP contribution is -2.37. The summed E-state index contributed by atoms with van der Waals surface area (Å²) in [6.45, 7) is 5.24. The summed E-state index contributed by atoms with van der Waals surface area (Å²) in [4.78, 5) is 15.0. The van der Waals surface area contributed by atoms with Gasteiger partial charge in [0.05, 0.1) is 19.0 Å². The average Bonchev–Trinajstić information content (AvgIpc) is 2.44. The molecule has 0 atom stereocenters. The van der Waals surface area contributed by atoms with Crippen LogP contribution in [0.5, 0.6) is 0 Å². The second-order valence-electron chi connectivity index (χ2n) is 4.42. The number of hydrogen-bond donors (Lipinski definition) is 1. The fourth-order valence-electron chi connectivity index (χ4n) is 1.80. The molecule has 0 saturated carbocycles. The lowest BCUT2D eigenvalue weighted by atomic mass is 10.4. The molecule has 0 bridgehead atoms. The third-order valence-corrected chi connectivity index (χ3v) is 3.89. The minimum Gasteiger partial charge on any atom is -0.378 e. The number of ether oxygens (including phenoxy) is 1. The van der Waals surface area contributed by atoms with E-state index in [2.05, 4.69) is 26.8 Å². The number of rotatable bonds is 6. The Morgan fingerprint density at radius 3 is 2.79 bits per heavy atom. The predicted octanol–water partition coefficient (Wildman–Crippen LogP) is 1.32. The highest BCUT2D eigenvalue weighted by Gasteiger charge is 2.15. The van der Waals surface area contributed by atoms with Gasteiger partial charge in [0.25, 0.3) is 0 Å². The van der Waals surface area contributed by atoms with Crippen LogP contribution in [0, 0.1) is 0 Å². The van der Waals surface area contributed by atoms with Crippen molar-refractivity contribution in [3.05, 3.63) is 5.82 Å². The minimum absolute atomic E-state index is 0.308. The van der Waals surface area contributed by atoms with Gasteiger partial charge in [-0.1, -0.05) is 13.3 Å². The highest BCUT2D eigenvalue weighted by molar-refractivity contribution is 7.98. The maximum absolute atomic E-state index is 5.77. The molecule has 2 rings (SSSR count). The molecule has 7 heteroatoms. The quantitative estimate of drug-likeness (QED) is 0.789. The molecule has 2 N–H and O–H groups in total. The highest BCUT2D eigenvalue weighted by Crippen LogP contribution is 2.15. The largest absolute Gasteiger partial charge is 0.378 e. The smallest absolute Gasteiger partial charge is 0.230 e. The summed E-state index contributed by atoms with van der Waals surface area (Å²) in [6, 6.07) is 0. The van der Waals surface area contributed by atoms with Gasteiger partial charge in [0.1, 0.15) is 5.82 Å². The molecule has 1 aromatic heterocycles. The fourth-order valence-corrected chi connectivity index (χ4v) is 2.75. The Morgan fingerprint density at radius 1 is 1.26 bits per heavy atom. The molecular formula is C12H21N5OS. The molecule has 2 heterocycles. The van der Waals surface area contributed by atoms with Crippen LogP contribution in [0.2, 0.25) is 0 Å². The molecule has 0 amide bonds. The van der Waals surface area contributed by atoms with Crippen LogP contribution in [0.15, 0.2) is 0 Å². The number of nitrogens with two attached hydrogens (primary N) is 1. The van der Waals surface area contributed by atoms with Crippen LogP contribution in [-0.2, 0) is 10.5 Å². The number of aromatic nitrogens is 3. The van der Waals surface area contributed by atoms with Gasteiger partial charge in [-0.15, -0.1) is 0 Å². The van der Waals surface area contributed by atoms with Crippen molar-refractivity contribution in [2.24, 2.45) is 0 Å². The minimum atomic E-state index is 0.308. The molecule has 6 nitrogen and oxygen atoms in total. The van der Waals surface area contributed by atoms with E-state index in [1.165, 1.54) is 12.8 Å². The van der Waals surface area contributed by atoms with Crippen LogP contribution in [0.4, 0.5) is 11.9 Å². The molecule has 1 saturated heterocycles. The Labute approximate surface area is 118 Å². The number of nitrogen functional groups attached to an aromatic ring is 1. The normalized spacial score (nSPS) is 15.7. The van der Waals surface area contributed by atoms with E-state index >= 15 is 0 Å². The lowest BCUT2D eigenvalue weighted by molar-refractivity contribution is 0.122. The zero-order valence-electron chi connectivity index (χ0n) is 11.3. The maximum atomic E-state index is 5.77. The highest BCUT2D eigenvalue weighted by atomic mass is 32.2. The third kappa shape index (κ3) is 4.50. The van der Waals surface area contributed by atoms with E-state index in [0.717, 1.165) is 30.4 Å². The summed E-state index contributed by atoms with van der Waals surface area (Å²) >= 11 is 1.84. The van der Waals surface area contributed by atoms with E-state index in [4.69, 9.17) is 10.5 Å². The van der Waals surface area contributed by atoms with Gasteiger partial charge in [-0.3, -0.25) is 0 Å². The van der Waals surface area contributed by atoms with Crippen molar-refractivity contribution in [1.82, 2.24) is 15.0 Å². The molecular weight excluding hydrogens is 262 g/mol. The molecule has 0 aliphatic carbocycles. The maximum Gasteiger partial charge on any atom is 0.230 e. The van der Waals surface area contributed by atoms with Crippen LogP contribution < -0.4 is 10.6 Å². The first-order valence-electron chi connectivity index (χ1n) is 6.70. The van der Waals surface area contributed by atoms with Crippen molar-refractivity contribution in [2.75, 3.05) is 42.7 Å². The standard InChI is InChI=1S/C12H21N5OS/c1-2-3-8-19-9-10-14-11(13)16-12(15-10)17-4-6-18-7-5-17/h2-9H2,1H3,(H2,13,14,15,16). The number of unbranched alkanes of at least 4 members (excludes halogenated alkanes) is 1. The van der Waals surface area contributed by atoms with Gasteiger partial charge in [0.2, 0.25) is 11.9 Å². The van der Waals surface area contributed by atoms with Crippen LogP contribution in [0.1, 0.15) is 25.6 Å². The number of nitrogens with zero attached hydrogens (tertiary/aromatic N) is 4. The number of thioether (sulfide) groups is 1. The second kappa shape index (κ2) is 7.49. The van der Waals surface area contributed by atoms with Gasteiger partial charge in [-0.25, -0.2) is 0 Å². The molecule has 19 heavy (non-hydrogen) atoms. The van der Waals surface area contributed by atoms with Gasteiger partial charge in [0, 0.05) is 13.1 Å². The van der Waals surface area contributed by atoms with Gasteiger partial charge in [-0.05, 0) is 12.2 Å². The van der Waals surface area contributed by atoms with E-state index in [1.54, 1.807) is 0 Å². The van der Waals surface area contributed by atoms with E-state index in [0.29, 0.717) is 25.1 Å². The predicted molar refractivity (Wildman–Crippen MR) is 78.3 cm³/mol. The van der Waals surface area contributed by atoms with Crippen LogP contribution >= 0.6 is 11.8 Å². The first kappa shape index (κ1) is 14.3. The first-order chi connectivity index (χ1) is 9.29. The zero-order valence-corrected chi connectivity index (χ0v) is 12.2. The zero-order chi connectivity index (χ0) is 13.5. The van der Waals surface area contributed by atoms with Crippen molar-refractivity contribution in [3.63, 3.8) is 0 Å². The van der Waals surface area contributed by atoms with Crippen molar-refractivity contribution in [3.8, 4) is 0 Å². The Morgan fingerprint density at radius 2 is 2.05 bits per heavy atom. The van der Waals surface area contributed by atoms with E-state index in [9.17, 15) is 0 Å². The molecule has 1 aliphatic rings. The van der Waals surface area contributed by atoms with Crippen LogP contribution in [0.3, 0.4) is 0 Å². The topological polar surface area (TPSA) is 77.2 Å². The van der Waals surface area contributed by atoms with E-state index < -0.39 is 0 Å². The molecule has 106 valence electrons. The molecule has 0 spiro atoms. The van der Waals surface area contributed by atoms with Crippen molar-refractivity contribution >= 4 is 23.7 Å². The third-order valence-electron chi connectivity index (χ3n) is 2.85. The summed E-state index contributed by atoms with van der Waals surface area (Å²) in [5.41, 5.74) is 5.77. The fraction of sp³-hybridized carbons (Fsp3) is 0.750. The summed E-state index contributed by atoms with van der Waals surface area (Å²) in [6.07, 6.45) is 2.44. The van der Waals surface area contributed by atoms with Gasteiger partial charge < -0.3 is 15.4 Å². The SMILES string of the molecule is CCCCSCc1nc(N)nc(N2CCOCC2)n1. The molecule has 1 aromatic rings. The molecule has 1 aliphatic heterocycles. The summed E-state index contributed by atoms with van der Waals surface area (Å²) in [5, 5.41) is 0. The Balaban J connectivity index is 1.97.